The molecule has 0 radical (unpaired) electrons. The minimum Gasteiger partial charge on any atom is -1.00 e. The normalized spacial score (nSPS) is 10.2. The third-order valence-electron chi connectivity index (χ3n) is 2.41. The zero-order valence-electron chi connectivity index (χ0n) is 9.48. The van der Waals surface area contributed by atoms with Crippen molar-refractivity contribution in [2.75, 3.05) is 0 Å². The summed E-state index contributed by atoms with van der Waals surface area (Å²) in [4.78, 5) is 0. The summed E-state index contributed by atoms with van der Waals surface area (Å²) in [7, 11) is 2.04. The molecule has 1 aromatic heterocycles. The third kappa shape index (κ3) is 4.24. The molecule has 0 fully saturated rings. The van der Waals surface area contributed by atoms with Gasteiger partial charge in [-0.25, -0.2) is 4.57 Å². The van der Waals surface area contributed by atoms with Crippen molar-refractivity contribution in [1.82, 2.24) is 0 Å². The van der Waals surface area contributed by atoms with Gasteiger partial charge in [0, 0.05) is 22.7 Å². The molecule has 1 nitrogen and oxygen atoms in total. The molecule has 0 aliphatic heterocycles. The van der Waals surface area contributed by atoms with Crippen molar-refractivity contribution < 1.29 is 28.5 Å². The van der Waals surface area contributed by atoms with E-state index in [-0.39, 0.29) is 24.0 Å². The smallest absolute Gasteiger partial charge is 0.204 e. The van der Waals surface area contributed by atoms with Crippen molar-refractivity contribution in [3.05, 3.63) is 64.4 Å². The third-order valence-corrected chi connectivity index (χ3v) is 2.94. The number of benzene rings is 1. The van der Waals surface area contributed by atoms with E-state index >= 15 is 0 Å². The molecule has 0 bridgehead atoms. The summed E-state index contributed by atoms with van der Waals surface area (Å²) in [5.74, 6) is 0. The number of nitrogens with zero attached hydrogens (tertiary/aromatic N) is 1. The molecule has 0 amide bonds. The van der Waals surface area contributed by atoms with Gasteiger partial charge in [0.1, 0.15) is 7.05 Å². The highest BCUT2D eigenvalue weighted by Crippen LogP contribution is 2.12. The van der Waals surface area contributed by atoms with Crippen molar-refractivity contribution in [1.29, 1.82) is 0 Å². The number of hydrogen-bond acceptors (Lipinski definition) is 0. The summed E-state index contributed by atoms with van der Waals surface area (Å²) < 4.78 is 3.20. The number of rotatable bonds is 2. The van der Waals surface area contributed by atoms with Crippen LogP contribution in [0.25, 0.3) is 12.2 Å². The first kappa shape index (κ1) is 14.4. The summed E-state index contributed by atoms with van der Waals surface area (Å²) in [6.45, 7) is 0. The van der Waals surface area contributed by atoms with Gasteiger partial charge in [0.05, 0.1) is 0 Å². The Morgan fingerprint density at radius 2 is 1.71 bits per heavy atom. The van der Waals surface area contributed by atoms with Crippen LogP contribution in [0.1, 0.15) is 11.3 Å². The van der Waals surface area contributed by atoms with Crippen LogP contribution in [-0.2, 0) is 7.05 Å². The van der Waals surface area contributed by atoms with Crippen LogP contribution in [0, 0.1) is 0 Å². The van der Waals surface area contributed by atoms with Crippen LogP contribution >= 0.6 is 15.9 Å². The van der Waals surface area contributed by atoms with Gasteiger partial charge in [0.25, 0.3) is 0 Å². The Morgan fingerprint density at radius 3 is 2.35 bits per heavy atom. The highest BCUT2D eigenvalue weighted by Gasteiger charge is 1.98. The van der Waals surface area contributed by atoms with Gasteiger partial charge in [-0.15, -0.1) is 0 Å². The molecule has 2 aromatic rings. The molecule has 0 unspecified atom stereocenters. The Kier molecular flexibility index (Phi) is 5.85. The van der Waals surface area contributed by atoms with Gasteiger partial charge in [-0.3, -0.25) is 0 Å². The first-order chi connectivity index (χ1) is 7.75. The molecule has 0 aliphatic carbocycles. The largest absolute Gasteiger partial charge is 1.00 e. The molecule has 1 heterocycles. The van der Waals surface area contributed by atoms with E-state index in [1.165, 1.54) is 11.3 Å². The maximum atomic E-state index is 3.42. The fourth-order valence-electron chi connectivity index (χ4n) is 1.47. The zero-order chi connectivity index (χ0) is 11.4. The molecule has 0 atom stereocenters. The first-order valence-electron chi connectivity index (χ1n) is 5.14. The maximum absolute atomic E-state index is 3.42. The average Bonchev–Trinajstić information content (AvgIpc) is 2.30. The predicted octanol–water partition coefficient (Wildman–Crippen LogP) is 0.448. The van der Waals surface area contributed by atoms with Crippen molar-refractivity contribution in [3.8, 4) is 0 Å². The molecule has 2 rings (SSSR count). The van der Waals surface area contributed by atoms with Crippen LogP contribution in [0.2, 0.25) is 0 Å². The highest BCUT2D eigenvalue weighted by molar-refractivity contribution is 9.10. The van der Waals surface area contributed by atoms with Crippen LogP contribution in [0.3, 0.4) is 0 Å². The van der Waals surface area contributed by atoms with E-state index in [9.17, 15) is 0 Å². The number of hydrogen-bond donors (Lipinski definition) is 0. The topological polar surface area (TPSA) is 3.88 Å². The molecule has 0 saturated heterocycles. The van der Waals surface area contributed by atoms with Crippen molar-refractivity contribution in [3.63, 3.8) is 0 Å². The van der Waals surface area contributed by atoms with E-state index in [0.717, 1.165) is 4.47 Å². The van der Waals surface area contributed by atoms with Gasteiger partial charge in [-0.05, 0) is 29.8 Å². The van der Waals surface area contributed by atoms with Crippen LogP contribution < -0.4 is 28.5 Å². The second-order valence-electron chi connectivity index (χ2n) is 3.62. The Bertz CT molecular complexity index is 506. The average molecular weight is 402 g/mol. The second-order valence-corrected chi connectivity index (χ2v) is 4.54. The van der Waals surface area contributed by atoms with Gasteiger partial charge in [-0.1, -0.05) is 28.1 Å². The minimum atomic E-state index is 0. The Labute approximate surface area is 127 Å². The van der Waals surface area contributed by atoms with Gasteiger partial charge in [0.15, 0.2) is 6.20 Å². The quantitative estimate of drug-likeness (QED) is 0.508. The molecular formula is C14H13BrIN. The van der Waals surface area contributed by atoms with E-state index in [2.05, 4.69) is 50.8 Å². The molecule has 0 N–H and O–H groups in total. The van der Waals surface area contributed by atoms with Gasteiger partial charge in [0.2, 0.25) is 5.69 Å². The molecule has 0 aliphatic rings. The fourth-order valence-corrected chi connectivity index (χ4v) is 1.73. The summed E-state index contributed by atoms with van der Waals surface area (Å²) in [6, 6.07) is 14.4. The number of pyridine rings is 1. The van der Waals surface area contributed by atoms with Crippen molar-refractivity contribution in [2.45, 2.75) is 0 Å². The van der Waals surface area contributed by atoms with E-state index in [1.807, 2.05) is 37.5 Å². The fraction of sp³-hybridized carbons (Fsp3) is 0.0714. The summed E-state index contributed by atoms with van der Waals surface area (Å²) >= 11 is 3.42. The summed E-state index contributed by atoms with van der Waals surface area (Å²) in [5.41, 5.74) is 2.39. The lowest BCUT2D eigenvalue weighted by atomic mass is 10.2. The summed E-state index contributed by atoms with van der Waals surface area (Å²) in [6.07, 6.45) is 6.27. The molecule has 1 aromatic carbocycles. The highest BCUT2D eigenvalue weighted by atomic mass is 127. The number of aromatic nitrogens is 1. The lowest BCUT2D eigenvalue weighted by Crippen LogP contribution is -3.00. The Balaban J connectivity index is 0.00000144. The van der Waals surface area contributed by atoms with Crippen LogP contribution in [0.5, 0.6) is 0 Å². The molecule has 3 heteroatoms. The van der Waals surface area contributed by atoms with Crippen molar-refractivity contribution in [2.24, 2.45) is 7.05 Å². The number of aryl methyl sites for hydroxylation is 1. The second kappa shape index (κ2) is 6.91. The zero-order valence-corrected chi connectivity index (χ0v) is 13.2. The maximum Gasteiger partial charge on any atom is 0.204 e. The molecular weight excluding hydrogens is 389 g/mol. The molecule has 0 spiro atoms. The Morgan fingerprint density at radius 1 is 1.00 bits per heavy atom. The first-order valence-corrected chi connectivity index (χ1v) is 5.93. The predicted molar refractivity (Wildman–Crippen MR) is 70.7 cm³/mol. The monoisotopic (exact) mass is 401 g/mol. The van der Waals surface area contributed by atoms with Crippen LogP contribution in [-0.4, -0.2) is 0 Å². The van der Waals surface area contributed by atoms with Gasteiger partial charge in [-0.2, -0.15) is 0 Å². The molecule has 0 saturated carbocycles. The SMILES string of the molecule is C[n+]1ccccc1C=Cc1ccc(Br)cc1.[I-]. The van der Waals surface area contributed by atoms with E-state index in [0.29, 0.717) is 0 Å². The van der Waals surface area contributed by atoms with Crippen molar-refractivity contribution >= 4 is 28.1 Å². The minimum absolute atomic E-state index is 0. The lowest BCUT2D eigenvalue weighted by Gasteiger charge is -1.94. The number of halogens is 2. The van der Waals surface area contributed by atoms with E-state index in [4.69, 9.17) is 0 Å². The standard InChI is InChI=1S/C14H13BrN.HI/c1-16-11-3-2-4-14(16)10-7-12-5-8-13(15)9-6-12;/h2-11H,1H3;1H/q+1;/p-1. The molecule has 88 valence electrons. The summed E-state index contributed by atoms with van der Waals surface area (Å²) in [5, 5.41) is 0. The Hall–Kier alpha value is -0.680. The van der Waals surface area contributed by atoms with E-state index in [1.54, 1.807) is 0 Å². The van der Waals surface area contributed by atoms with Gasteiger partial charge < -0.3 is 24.0 Å². The van der Waals surface area contributed by atoms with Gasteiger partial charge >= 0.3 is 0 Å². The lowest BCUT2D eigenvalue weighted by molar-refractivity contribution is -0.673. The van der Waals surface area contributed by atoms with E-state index < -0.39 is 0 Å². The van der Waals surface area contributed by atoms with Crippen LogP contribution in [0.15, 0.2) is 53.1 Å². The van der Waals surface area contributed by atoms with Crippen LogP contribution in [0.4, 0.5) is 0 Å². The molecule has 17 heavy (non-hydrogen) atoms.